The molecule has 6 heteroatoms. The highest BCUT2D eigenvalue weighted by Crippen LogP contribution is 2.17. The molecule has 0 radical (unpaired) electrons. The minimum Gasteiger partial charge on any atom is -0.323 e. The van der Waals surface area contributed by atoms with Gasteiger partial charge in [0.15, 0.2) is 5.82 Å². The number of hydrogen-bond donors (Lipinski definition) is 1. The molecule has 0 saturated carbocycles. The number of hydrogen-bond acceptors (Lipinski definition) is 4. The predicted molar refractivity (Wildman–Crippen MR) is 92.0 cm³/mol. The first-order chi connectivity index (χ1) is 11.6. The third-order valence-electron chi connectivity index (χ3n) is 3.82. The van der Waals surface area contributed by atoms with Crippen molar-refractivity contribution in [1.29, 1.82) is 0 Å². The number of carbonyl (C=O) groups is 1. The van der Waals surface area contributed by atoms with Crippen LogP contribution in [0.15, 0.2) is 49.2 Å². The van der Waals surface area contributed by atoms with Gasteiger partial charge in [0.05, 0.1) is 5.69 Å². The van der Waals surface area contributed by atoms with E-state index in [1.807, 2.05) is 0 Å². The van der Waals surface area contributed by atoms with Crippen LogP contribution in [0.5, 0.6) is 0 Å². The van der Waals surface area contributed by atoms with Gasteiger partial charge in [0.2, 0.25) is 5.91 Å². The predicted octanol–water partition coefficient (Wildman–Crippen LogP) is 2.85. The first kappa shape index (κ1) is 15.9. The molecule has 3 aromatic rings. The highest BCUT2D eigenvalue weighted by molar-refractivity contribution is 5.92. The fourth-order valence-electron chi connectivity index (χ4n) is 2.58. The quantitative estimate of drug-likeness (QED) is 0.784. The summed E-state index contributed by atoms with van der Waals surface area (Å²) in [5, 5.41) is 6.97. The van der Waals surface area contributed by atoms with Crippen molar-refractivity contribution in [2.75, 3.05) is 5.32 Å². The number of amides is 1. The summed E-state index contributed by atoms with van der Waals surface area (Å²) in [4.78, 5) is 20.5. The van der Waals surface area contributed by atoms with Gasteiger partial charge in [-0.3, -0.25) is 4.79 Å². The van der Waals surface area contributed by atoms with Crippen molar-refractivity contribution < 1.29 is 4.79 Å². The number of anilines is 1. The van der Waals surface area contributed by atoms with E-state index in [1.54, 1.807) is 24.7 Å². The standard InChI is InChI=1S/C18H19N5O/c1-13-5-6-15(14(2)10-13)7-8-17(24)22-16-4-3-9-20-18(16)23-12-19-11-21-23/h3-6,9-12H,7-8H2,1-2H3,(H,22,24). The molecule has 6 nitrogen and oxygen atoms in total. The zero-order chi connectivity index (χ0) is 16.9. The van der Waals surface area contributed by atoms with Crippen LogP contribution < -0.4 is 5.32 Å². The number of benzene rings is 1. The highest BCUT2D eigenvalue weighted by Gasteiger charge is 2.10. The van der Waals surface area contributed by atoms with E-state index in [0.29, 0.717) is 24.3 Å². The number of nitrogens with zero attached hydrogens (tertiary/aromatic N) is 4. The summed E-state index contributed by atoms with van der Waals surface area (Å²) in [6.07, 6.45) is 5.75. The van der Waals surface area contributed by atoms with Crippen molar-refractivity contribution in [3.63, 3.8) is 0 Å². The molecule has 0 fully saturated rings. The molecule has 122 valence electrons. The summed E-state index contributed by atoms with van der Waals surface area (Å²) in [7, 11) is 0. The molecule has 0 spiro atoms. The number of carbonyl (C=O) groups excluding carboxylic acids is 1. The number of rotatable bonds is 5. The van der Waals surface area contributed by atoms with Gasteiger partial charge in [-0.1, -0.05) is 23.8 Å². The minimum atomic E-state index is -0.0515. The molecule has 0 bridgehead atoms. The fraction of sp³-hybridized carbons (Fsp3) is 0.222. The van der Waals surface area contributed by atoms with Crippen molar-refractivity contribution in [1.82, 2.24) is 19.7 Å². The molecule has 0 saturated heterocycles. The normalized spacial score (nSPS) is 10.6. The first-order valence-corrected chi connectivity index (χ1v) is 7.79. The molecule has 0 aliphatic heterocycles. The summed E-state index contributed by atoms with van der Waals surface area (Å²) in [5.74, 6) is 0.499. The van der Waals surface area contributed by atoms with E-state index in [4.69, 9.17) is 0 Å². The molecule has 0 atom stereocenters. The smallest absolute Gasteiger partial charge is 0.224 e. The molecule has 0 aliphatic carbocycles. The Morgan fingerprint density at radius 2 is 2.12 bits per heavy atom. The lowest BCUT2D eigenvalue weighted by Gasteiger charge is -2.10. The van der Waals surface area contributed by atoms with Crippen molar-refractivity contribution in [3.05, 3.63) is 65.9 Å². The third-order valence-corrected chi connectivity index (χ3v) is 3.82. The zero-order valence-electron chi connectivity index (χ0n) is 13.7. The molecule has 2 aromatic heterocycles. The van der Waals surface area contributed by atoms with Gasteiger partial charge in [0.25, 0.3) is 0 Å². The lowest BCUT2D eigenvalue weighted by Crippen LogP contribution is -2.15. The van der Waals surface area contributed by atoms with E-state index in [1.165, 1.54) is 27.7 Å². The Morgan fingerprint density at radius 3 is 2.88 bits per heavy atom. The molecule has 0 aliphatic rings. The van der Waals surface area contributed by atoms with Crippen LogP contribution in [0.1, 0.15) is 23.1 Å². The van der Waals surface area contributed by atoms with Crippen LogP contribution in [0.2, 0.25) is 0 Å². The van der Waals surface area contributed by atoms with Crippen LogP contribution >= 0.6 is 0 Å². The molecule has 24 heavy (non-hydrogen) atoms. The van der Waals surface area contributed by atoms with Crippen LogP contribution in [-0.4, -0.2) is 25.7 Å². The molecule has 1 amide bonds. The van der Waals surface area contributed by atoms with Crippen molar-refractivity contribution >= 4 is 11.6 Å². The van der Waals surface area contributed by atoms with Gasteiger partial charge in [0.1, 0.15) is 12.7 Å². The highest BCUT2D eigenvalue weighted by atomic mass is 16.1. The second-order valence-electron chi connectivity index (χ2n) is 5.69. The van der Waals surface area contributed by atoms with Crippen molar-refractivity contribution in [3.8, 4) is 5.82 Å². The summed E-state index contributed by atoms with van der Waals surface area (Å²) < 4.78 is 1.53. The van der Waals surface area contributed by atoms with E-state index in [2.05, 4.69) is 52.4 Å². The Hall–Kier alpha value is -3.02. The van der Waals surface area contributed by atoms with Crippen LogP contribution in [0.4, 0.5) is 5.69 Å². The number of aryl methyl sites for hydroxylation is 3. The van der Waals surface area contributed by atoms with Gasteiger partial charge in [-0.25, -0.2) is 14.6 Å². The summed E-state index contributed by atoms with van der Waals surface area (Å²) >= 11 is 0. The largest absolute Gasteiger partial charge is 0.323 e. The second-order valence-corrected chi connectivity index (χ2v) is 5.69. The molecule has 0 unspecified atom stereocenters. The average molecular weight is 321 g/mol. The monoisotopic (exact) mass is 321 g/mol. The van der Waals surface area contributed by atoms with Gasteiger partial charge in [-0.2, -0.15) is 5.10 Å². The van der Waals surface area contributed by atoms with Crippen molar-refractivity contribution in [2.24, 2.45) is 0 Å². The zero-order valence-corrected chi connectivity index (χ0v) is 13.7. The third kappa shape index (κ3) is 3.65. The first-order valence-electron chi connectivity index (χ1n) is 7.79. The lowest BCUT2D eigenvalue weighted by molar-refractivity contribution is -0.116. The van der Waals surface area contributed by atoms with Gasteiger partial charge in [0, 0.05) is 12.6 Å². The molecule has 3 rings (SSSR count). The maximum atomic E-state index is 12.3. The lowest BCUT2D eigenvalue weighted by atomic mass is 10.0. The maximum Gasteiger partial charge on any atom is 0.224 e. The Labute approximate surface area is 140 Å². The SMILES string of the molecule is Cc1ccc(CCC(=O)Nc2cccnc2-n2cncn2)c(C)c1. The Kier molecular flexibility index (Phi) is 4.65. The van der Waals surface area contributed by atoms with Crippen LogP contribution in [0.25, 0.3) is 5.82 Å². The van der Waals surface area contributed by atoms with Crippen LogP contribution in [0.3, 0.4) is 0 Å². The van der Waals surface area contributed by atoms with E-state index in [9.17, 15) is 4.79 Å². The summed E-state index contributed by atoms with van der Waals surface area (Å²) in [6.45, 7) is 4.14. The fourth-order valence-corrected chi connectivity index (χ4v) is 2.58. The summed E-state index contributed by atoms with van der Waals surface area (Å²) in [5.41, 5.74) is 4.26. The number of nitrogens with one attached hydrogen (secondary N) is 1. The number of pyridine rings is 1. The number of aromatic nitrogens is 4. The van der Waals surface area contributed by atoms with E-state index >= 15 is 0 Å². The second kappa shape index (κ2) is 7.04. The van der Waals surface area contributed by atoms with Gasteiger partial charge in [-0.05, 0) is 43.5 Å². The molecule has 2 heterocycles. The summed E-state index contributed by atoms with van der Waals surface area (Å²) in [6, 6.07) is 9.88. The van der Waals surface area contributed by atoms with Crippen molar-refractivity contribution in [2.45, 2.75) is 26.7 Å². The topological polar surface area (TPSA) is 72.7 Å². The van der Waals surface area contributed by atoms with Gasteiger partial charge < -0.3 is 5.32 Å². The molecular weight excluding hydrogens is 302 g/mol. The maximum absolute atomic E-state index is 12.3. The molecule has 1 aromatic carbocycles. The van der Waals surface area contributed by atoms with E-state index < -0.39 is 0 Å². The minimum absolute atomic E-state index is 0.0515. The van der Waals surface area contributed by atoms with Gasteiger partial charge >= 0.3 is 0 Å². The van der Waals surface area contributed by atoms with E-state index in [-0.39, 0.29) is 5.91 Å². The average Bonchev–Trinajstić information content (AvgIpc) is 3.09. The van der Waals surface area contributed by atoms with E-state index in [0.717, 1.165) is 0 Å². The molecular formula is C18H19N5O. The Bertz CT molecular complexity index is 842. The van der Waals surface area contributed by atoms with Crippen LogP contribution in [-0.2, 0) is 11.2 Å². The van der Waals surface area contributed by atoms with Crippen LogP contribution in [0, 0.1) is 13.8 Å². The Balaban J connectivity index is 1.67. The molecule has 1 N–H and O–H groups in total. The Morgan fingerprint density at radius 1 is 1.25 bits per heavy atom. The van der Waals surface area contributed by atoms with Gasteiger partial charge in [-0.15, -0.1) is 0 Å².